The Morgan fingerprint density at radius 2 is 2.00 bits per heavy atom. The van der Waals surface area contributed by atoms with Crippen LogP contribution < -0.4 is 4.74 Å². The van der Waals surface area contributed by atoms with Crippen molar-refractivity contribution in [2.24, 2.45) is 5.92 Å². The van der Waals surface area contributed by atoms with Crippen LogP contribution >= 0.6 is 0 Å². The first kappa shape index (κ1) is 20.8. The average Bonchev–Trinajstić information content (AvgIpc) is 3.05. The average molecular weight is 384 g/mol. The Morgan fingerprint density at radius 1 is 1.30 bits per heavy atom. The summed E-state index contributed by atoms with van der Waals surface area (Å²) in [5, 5.41) is 0. The van der Waals surface area contributed by atoms with Gasteiger partial charge in [0.2, 0.25) is 0 Å². The van der Waals surface area contributed by atoms with E-state index in [9.17, 15) is 18.0 Å². The number of esters is 1. The van der Waals surface area contributed by atoms with Gasteiger partial charge in [-0.2, -0.15) is 13.2 Å². The van der Waals surface area contributed by atoms with Crippen LogP contribution in [0.15, 0.2) is 24.4 Å². The Labute approximate surface area is 156 Å². The molecule has 0 unspecified atom stereocenters. The lowest BCUT2D eigenvalue weighted by Gasteiger charge is -2.17. The second-order valence-electron chi connectivity index (χ2n) is 6.14. The maximum Gasteiger partial charge on any atom is 0.391 e. The Hall–Kier alpha value is -2.51. The summed E-state index contributed by atoms with van der Waals surface area (Å²) in [5.41, 5.74) is 1.29. The number of carbonyl (C=O) groups is 1. The molecule has 1 atom stereocenters. The molecule has 0 bridgehead atoms. The monoisotopic (exact) mass is 384 g/mol. The van der Waals surface area contributed by atoms with Gasteiger partial charge >= 0.3 is 12.1 Å². The number of rotatable bonds is 7. The number of nitrogens with zero attached hydrogens (tertiary/aromatic N) is 2. The lowest BCUT2D eigenvalue weighted by Crippen LogP contribution is -2.21. The minimum absolute atomic E-state index is 0.140. The van der Waals surface area contributed by atoms with Gasteiger partial charge in [-0.25, -0.2) is 9.78 Å². The molecule has 2 rings (SSSR count). The summed E-state index contributed by atoms with van der Waals surface area (Å²) in [6.07, 6.45) is -2.29. The van der Waals surface area contributed by atoms with Crippen molar-refractivity contribution in [3.8, 4) is 11.4 Å². The smallest absolute Gasteiger partial charge is 0.391 e. The largest absolute Gasteiger partial charge is 0.495 e. The first-order chi connectivity index (χ1) is 12.7. The number of hydrogen-bond acceptors (Lipinski definition) is 4. The fourth-order valence-electron chi connectivity index (χ4n) is 2.70. The number of hydrogen-bond donors (Lipinski definition) is 0. The molecule has 0 saturated carbocycles. The van der Waals surface area contributed by atoms with Crippen molar-refractivity contribution < 1.29 is 27.4 Å². The Morgan fingerprint density at radius 3 is 2.56 bits per heavy atom. The van der Waals surface area contributed by atoms with Crippen molar-refractivity contribution in [1.82, 2.24) is 9.55 Å². The van der Waals surface area contributed by atoms with Crippen LogP contribution in [0.2, 0.25) is 0 Å². The van der Waals surface area contributed by atoms with E-state index in [-0.39, 0.29) is 18.7 Å². The first-order valence-corrected chi connectivity index (χ1v) is 8.70. The minimum atomic E-state index is -4.25. The van der Waals surface area contributed by atoms with Gasteiger partial charge < -0.3 is 9.47 Å². The van der Waals surface area contributed by atoms with E-state index in [1.807, 2.05) is 6.92 Å². The number of halogens is 3. The standard InChI is InChI=1S/C19H23F3N2O3/c1-5-17-23-14(18(25)27-6-2)11-24(17)15-8-7-13(10-16(15)26-4)9-12(3)19(20,21)22/h7-8,10-12H,5-6,9H2,1-4H3/t12-/m1/s1. The highest BCUT2D eigenvalue weighted by atomic mass is 19.4. The van der Waals surface area contributed by atoms with Gasteiger partial charge in [-0.05, 0) is 31.0 Å². The highest BCUT2D eigenvalue weighted by molar-refractivity contribution is 5.87. The second-order valence-corrected chi connectivity index (χ2v) is 6.14. The quantitative estimate of drug-likeness (QED) is 0.666. The summed E-state index contributed by atoms with van der Waals surface area (Å²) >= 11 is 0. The molecule has 0 spiro atoms. The number of methoxy groups -OCH3 is 1. The van der Waals surface area contributed by atoms with Crippen LogP contribution in [0.3, 0.4) is 0 Å². The summed E-state index contributed by atoms with van der Waals surface area (Å²) < 4.78 is 50.5. The molecule has 0 aliphatic heterocycles. The number of benzene rings is 1. The van der Waals surface area contributed by atoms with E-state index in [0.29, 0.717) is 29.2 Å². The van der Waals surface area contributed by atoms with Crippen LogP contribution in [-0.2, 0) is 17.6 Å². The number of imidazole rings is 1. The number of aromatic nitrogens is 2. The van der Waals surface area contributed by atoms with E-state index in [4.69, 9.17) is 9.47 Å². The van der Waals surface area contributed by atoms with Crippen LogP contribution in [0.1, 0.15) is 42.6 Å². The van der Waals surface area contributed by atoms with Crippen molar-refractivity contribution >= 4 is 5.97 Å². The van der Waals surface area contributed by atoms with E-state index >= 15 is 0 Å². The van der Waals surface area contributed by atoms with Gasteiger partial charge in [-0.15, -0.1) is 0 Å². The van der Waals surface area contributed by atoms with E-state index in [1.165, 1.54) is 7.11 Å². The molecule has 8 heteroatoms. The van der Waals surface area contributed by atoms with Crippen LogP contribution in [-0.4, -0.2) is 35.4 Å². The number of ether oxygens (including phenoxy) is 2. The third kappa shape index (κ3) is 4.81. The molecule has 148 valence electrons. The molecule has 1 aromatic carbocycles. The topological polar surface area (TPSA) is 53.4 Å². The molecule has 1 aromatic heterocycles. The Balaban J connectivity index is 2.40. The van der Waals surface area contributed by atoms with E-state index in [1.54, 1.807) is 35.9 Å². The van der Waals surface area contributed by atoms with Gasteiger partial charge in [0.15, 0.2) is 5.69 Å². The number of alkyl halides is 3. The third-order valence-corrected chi connectivity index (χ3v) is 4.18. The molecule has 0 N–H and O–H groups in total. The van der Waals surface area contributed by atoms with Crippen LogP contribution in [0.4, 0.5) is 13.2 Å². The van der Waals surface area contributed by atoms with Gasteiger partial charge in [-0.3, -0.25) is 4.57 Å². The van der Waals surface area contributed by atoms with Gasteiger partial charge in [-0.1, -0.05) is 19.9 Å². The van der Waals surface area contributed by atoms with Crippen LogP contribution in [0.5, 0.6) is 5.75 Å². The lowest BCUT2D eigenvalue weighted by atomic mass is 10.00. The van der Waals surface area contributed by atoms with E-state index < -0.39 is 18.1 Å². The maximum absolute atomic E-state index is 12.8. The first-order valence-electron chi connectivity index (χ1n) is 8.70. The Kier molecular flexibility index (Phi) is 6.51. The zero-order valence-corrected chi connectivity index (χ0v) is 15.8. The number of carbonyl (C=O) groups excluding carboxylic acids is 1. The van der Waals surface area contributed by atoms with Gasteiger partial charge in [0, 0.05) is 12.6 Å². The van der Waals surface area contributed by atoms with Gasteiger partial charge in [0.05, 0.1) is 25.3 Å². The fraction of sp³-hybridized carbons (Fsp3) is 0.474. The lowest BCUT2D eigenvalue weighted by molar-refractivity contribution is -0.169. The fourth-order valence-corrected chi connectivity index (χ4v) is 2.70. The van der Waals surface area contributed by atoms with E-state index in [0.717, 1.165) is 6.92 Å². The highest BCUT2D eigenvalue weighted by Crippen LogP contribution is 2.32. The van der Waals surface area contributed by atoms with Gasteiger partial charge in [0.1, 0.15) is 11.6 Å². The van der Waals surface area contributed by atoms with E-state index in [2.05, 4.69) is 4.98 Å². The SMILES string of the molecule is CCOC(=O)c1cn(-c2ccc(C[C@@H](C)C(F)(F)F)cc2OC)c(CC)n1. The maximum atomic E-state index is 12.8. The normalized spacial score (nSPS) is 12.7. The van der Waals surface area contributed by atoms with Crippen molar-refractivity contribution in [3.63, 3.8) is 0 Å². The Bertz CT molecular complexity index is 800. The van der Waals surface area contributed by atoms with Crippen molar-refractivity contribution in [1.29, 1.82) is 0 Å². The summed E-state index contributed by atoms with van der Waals surface area (Å²) in [4.78, 5) is 16.2. The predicted molar refractivity (Wildman–Crippen MR) is 94.4 cm³/mol. The molecular weight excluding hydrogens is 361 g/mol. The predicted octanol–water partition coefficient (Wildman–Crippen LogP) is 4.36. The van der Waals surface area contributed by atoms with Crippen molar-refractivity contribution in [3.05, 3.63) is 41.5 Å². The molecule has 0 aliphatic rings. The zero-order chi connectivity index (χ0) is 20.2. The van der Waals surface area contributed by atoms with Crippen LogP contribution in [0.25, 0.3) is 5.69 Å². The highest BCUT2D eigenvalue weighted by Gasteiger charge is 2.35. The van der Waals surface area contributed by atoms with Crippen LogP contribution in [0, 0.1) is 5.92 Å². The third-order valence-electron chi connectivity index (χ3n) is 4.18. The molecule has 0 radical (unpaired) electrons. The molecule has 0 fully saturated rings. The molecule has 0 amide bonds. The number of aryl methyl sites for hydroxylation is 1. The molecular formula is C19H23F3N2O3. The summed E-state index contributed by atoms with van der Waals surface area (Å²) in [6, 6.07) is 4.89. The molecule has 1 heterocycles. The molecule has 0 aliphatic carbocycles. The second kappa shape index (κ2) is 8.45. The molecule has 2 aromatic rings. The van der Waals surface area contributed by atoms with Crippen molar-refractivity contribution in [2.45, 2.75) is 39.8 Å². The summed E-state index contributed by atoms with van der Waals surface area (Å²) in [6.45, 7) is 4.98. The van der Waals surface area contributed by atoms with Gasteiger partial charge in [0.25, 0.3) is 0 Å². The molecule has 27 heavy (non-hydrogen) atoms. The summed E-state index contributed by atoms with van der Waals surface area (Å²) in [7, 11) is 1.45. The molecule has 5 nitrogen and oxygen atoms in total. The minimum Gasteiger partial charge on any atom is -0.495 e. The van der Waals surface area contributed by atoms with Crippen molar-refractivity contribution in [2.75, 3.05) is 13.7 Å². The zero-order valence-electron chi connectivity index (χ0n) is 15.8. The molecule has 0 saturated heterocycles. The summed E-state index contributed by atoms with van der Waals surface area (Å²) in [5.74, 6) is -0.958.